The van der Waals surface area contributed by atoms with Crippen LogP contribution < -0.4 is 59.1 Å². The third kappa shape index (κ3) is 46.1. The van der Waals surface area contributed by atoms with Crippen molar-refractivity contribution in [3.8, 4) is 0 Å². The minimum atomic E-state index is -5.17. The van der Waals surface area contributed by atoms with Crippen molar-refractivity contribution in [2.45, 2.75) is 79.1 Å². The van der Waals surface area contributed by atoms with Gasteiger partial charge in [-0.3, -0.25) is 8.42 Å². The second-order valence-corrected chi connectivity index (χ2v) is 6.42. The van der Waals surface area contributed by atoms with Crippen LogP contribution in [0.5, 0.6) is 0 Å². The number of hydrogen-bond donors (Lipinski definition) is 2. The summed E-state index contributed by atoms with van der Waals surface area (Å²) in [6, 6.07) is 0. The zero-order valence-corrected chi connectivity index (χ0v) is 22.0. The topological polar surface area (TPSA) is 121 Å². The predicted octanol–water partition coefficient (Wildman–Crippen LogP) is -2.94. The van der Waals surface area contributed by atoms with Gasteiger partial charge >= 0.3 is 59.1 Å². The van der Waals surface area contributed by atoms with Gasteiger partial charge in [-0.05, 0) is 24.7 Å². The molecule has 0 amide bonds. The van der Waals surface area contributed by atoms with Crippen molar-refractivity contribution in [3.05, 3.63) is 0 Å². The van der Waals surface area contributed by atoms with Gasteiger partial charge in [0.1, 0.15) is 0 Å². The molecule has 0 bridgehead atoms. The fourth-order valence-electron chi connectivity index (χ4n) is 1.83. The molecule has 6 nitrogen and oxygen atoms in total. The van der Waals surface area contributed by atoms with E-state index in [1.165, 1.54) is 38.5 Å². The van der Waals surface area contributed by atoms with E-state index in [0.29, 0.717) is 25.0 Å². The van der Waals surface area contributed by atoms with Crippen molar-refractivity contribution in [3.63, 3.8) is 0 Å². The molecule has 25 heavy (non-hydrogen) atoms. The first-order valence-corrected chi connectivity index (χ1v) is 9.91. The average Bonchev–Trinajstić information content (AvgIpc) is 2.48. The summed E-state index contributed by atoms with van der Waals surface area (Å²) in [7, 11) is -5.17. The summed E-state index contributed by atoms with van der Waals surface area (Å²) < 4.78 is 34.1. The summed E-state index contributed by atoms with van der Waals surface area (Å²) >= 11 is 0. The van der Waals surface area contributed by atoms with E-state index < -0.39 is 10.4 Å². The molecule has 0 saturated carbocycles. The maximum absolute atomic E-state index is 8.75. The molecule has 0 aliphatic carbocycles. The molecule has 9 heteroatoms. The van der Waals surface area contributed by atoms with Gasteiger partial charge in [-0.25, -0.2) is 0 Å². The van der Waals surface area contributed by atoms with E-state index in [4.69, 9.17) is 27.7 Å². The van der Waals surface area contributed by atoms with Gasteiger partial charge in [0.05, 0.1) is 0 Å². The Morgan fingerprint density at radius 3 is 1.12 bits per heavy atom. The van der Waals surface area contributed by atoms with E-state index in [-0.39, 0.29) is 59.1 Å². The van der Waals surface area contributed by atoms with Crippen LogP contribution in [0.25, 0.3) is 0 Å². The van der Waals surface area contributed by atoms with Gasteiger partial charge in [0.15, 0.2) is 0 Å². The molecule has 0 spiro atoms. The molecule has 0 rings (SSSR count). The Morgan fingerprint density at radius 1 is 0.760 bits per heavy atom. The van der Waals surface area contributed by atoms with Gasteiger partial charge in [0.2, 0.25) is 0 Å². The quantitative estimate of drug-likeness (QED) is 0.229. The Bertz CT molecular complexity index is 284. The standard InChI is InChI=1S/2C8H18O.2Na.H2O4S/c2*1-3-5-6-8(4-2)7-9;;;1-5(2,3)4/h2*8-9H,3-7H2,1-2H3;;;(H2,1,2,3,4)/q;;2*+1;/p-2. The van der Waals surface area contributed by atoms with Crippen LogP contribution >= 0.6 is 0 Å². The van der Waals surface area contributed by atoms with Crippen molar-refractivity contribution in [2.24, 2.45) is 11.8 Å². The zero-order chi connectivity index (χ0) is 18.7. The Hall–Kier alpha value is 1.79. The summed E-state index contributed by atoms with van der Waals surface area (Å²) in [5.41, 5.74) is 0. The van der Waals surface area contributed by atoms with Crippen LogP contribution in [0.2, 0.25) is 0 Å². The average molecular weight is 403 g/mol. The second-order valence-electron chi connectivity index (χ2n) is 5.61. The van der Waals surface area contributed by atoms with Crippen LogP contribution in [-0.4, -0.2) is 41.0 Å². The third-order valence-electron chi connectivity index (χ3n) is 3.60. The number of aliphatic hydroxyl groups is 2. The van der Waals surface area contributed by atoms with E-state index in [1.807, 2.05) is 0 Å². The normalized spacial score (nSPS) is 12.2. The van der Waals surface area contributed by atoms with Crippen LogP contribution in [0.15, 0.2) is 0 Å². The monoisotopic (exact) mass is 402 g/mol. The fourth-order valence-corrected chi connectivity index (χ4v) is 1.83. The van der Waals surface area contributed by atoms with Crippen LogP contribution in [-0.2, 0) is 10.4 Å². The minimum Gasteiger partial charge on any atom is -0.759 e. The molecule has 0 aliphatic heterocycles. The Morgan fingerprint density at radius 2 is 1.00 bits per heavy atom. The maximum Gasteiger partial charge on any atom is 1.00 e. The predicted molar refractivity (Wildman–Crippen MR) is 91.3 cm³/mol. The summed E-state index contributed by atoms with van der Waals surface area (Å²) in [5.74, 6) is 1.12. The molecule has 0 radical (unpaired) electrons. The van der Waals surface area contributed by atoms with E-state index in [9.17, 15) is 0 Å². The smallest absolute Gasteiger partial charge is 0.759 e. The molecular weight excluding hydrogens is 366 g/mol. The van der Waals surface area contributed by atoms with Crippen LogP contribution in [0.1, 0.15) is 79.1 Å². The number of rotatable bonds is 10. The molecule has 0 heterocycles. The number of hydrogen-bond acceptors (Lipinski definition) is 6. The maximum atomic E-state index is 8.75. The number of aliphatic hydroxyl groups excluding tert-OH is 2. The van der Waals surface area contributed by atoms with E-state index >= 15 is 0 Å². The molecule has 2 unspecified atom stereocenters. The largest absolute Gasteiger partial charge is 1.00 e. The molecule has 0 fully saturated rings. The van der Waals surface area contributed by atoms with E-state index in [1.54, 1.807) is 0 Å². The molecule has 0 aromatic heterocycles. The van der Waals surface area contributed by atoms with E-state index in [2.05, 4.69) is 27.7 Å². The minimum absolute atomic E-state index is 0. The summed E-state index contributed by atoms with van der Waals surface area (Å²) in [5, 5.41) is 17.5. The van der Waals surface area contributed by atoms with Gasteiger partial charge in [0.25, 0.3) is 0 Å². The van der Waals surface area contributed by atoms with Gasteiger partial charge in [-0.15, -0.1) is 0 Å². The Labute approximate surface area is 199 Å². The van der Waals surface area contributed by atoms with Gasteiger partial charge < -0.3 is 19.3 Å². The fraction of sp³-hybridized carbons (Fsp3) is 1.00. The van der Waals surface area contributed by atoms with Gasteiger partial charge in [0, 0.05) is 23.6 Å². The SMILES string of the molecule is CCCCC(CC)CO.CCCCC(CC)CO.O=S(=O)([O-])[O-].[Na+].[Na+]. The summed E-state index contributed by atoms with van der Waals surface area (Å²) in [4.78, 5) is 0. The van der Waals surface area contributed by atoms with Crippen molar-refractivity contribution in [1.82, 2.24) is 0 Å². The van der Waals surface area contributed by atoms with Crippen LogP contribution in [0, 0.1) is 11.8 Å². The van der Waals surface area contributed by atoms with Crippen molar-refractivity contribution in [1.29, 1.82) is 0 Å². The molecule has 0 saturated heterocycles. The molecule has 0 aliphatic rings. The Kier molecular flexibility index (Phi) is 42.0. The molecule has 0 aromatic carbocycles. The molecular formula is C16H36Na2O6S. The van der Waals surface area contributed by atoms with Crippen molar-refractivity contribution in [2.75, 3.05) is 13.2 Å². The second kappa shape index (κ2) is 28.0. The molecule has 2 atom stereocenters. The Balaban J connectivity index is -0.0000000800. The third-order valence-corrected chi connectivity index (χ3v) is 3.60. The molecule has 0 aromatic rings. The first-order chi connectivity index (χ1) is 10.7. The van der Waals surface area contributed by atoms with Crippen molar-refractivity contribution < 1.29 is 86.9 Å². The zero-order valence-electron chi connectivity index (χ0n) is 17.2. The molecule has 144 valence electrons. The van der Waals surface area contributed by atoms with Gasteiger partial charge in [-0.1, -0.05) is 66.2 Å². The first kappa shape index (κ1) is 37.5. The van der Waals surface area contributed by atoms with Crippen LogP contribution in [0.3, 0.4) is 0 Å². The van der Waals surface area contributed by atoms with Crippen molar-refractivity contribution >= 4 is 10.4 Å². The van der Waals surface area contributed by atoms with Gasteiger partial charge in [-0.2, -0.15) is 0 Å². The molecule has 2 N–H and O–H groups in total. The summed E-state index contributed by atoms with van der Waals surface area (Å²) in [6.45, 7) is 9.38. The van der Waals surface area contributed by atoms with Crippen LogP contribution in [0.4, 0.5) is 0 Å². The number of unbranched alkanes of at least 4 members (excludes halogenated alkanes) is 2. The first-order valence-electron chi connectivity index (χ1n) is 8.58. The van der Waals surface area contributed by atoms with E-state index in [0.717, 1.165) is 12.8 Å². The summed E-state index contributed by atoms with van der Waals surface area (Å²) in [6.07, 6.45) is 9.66.